The van der Waals surface area contributed by atoms with E-state index >= 15 is 0 Å². The monoisotopic (exact) mass is 568 g/mol. The van der Waals surface area contributed by atoms with Crippen LogP contribution in [-0.2, 0) is 16.0 Å². The molecule has 0 radical (unpaired) electrons. The predicted molar refractivity (Wildman–Crippen MR) is 163 cm³/mol. The van der Waals surface area contributed by atoms with Crippen LogP contribution in [0.4, 0.5) is 5.69 Å². The number of nitrogens with zero attached hydrogens (tertiary/aromatic N) is 1. The average Bonchev–Trinajstić information content (AvgIpc) is 3.53. The van der Waals surface area contributed by atoms with E-state index in [2.05, 4.69) is 5.32 Å². The second-order valence-corrected chi connectivity index (χ2v) is 10.2. The number of ketones is 1. The first-order chi connectivity index (χ1) is 19.9. The van der Waals surface area contributed by atoms with Gasteiger partial charge in [-0.15, -0.1) is 11.3 Å². The average molecular weight is 569 g/mol. The van der Waals surface area contributed by atoms with E-state index in [1.54, 1.807) is 83.0 Å². The molecule has 7 nitrogen and oxygen atoms in total. The molecule has 1 heterocycles. The van der Waals surface area contributed by atoms with Crippen LogP contribution < -0.4 is 10.1 Å². The van der Waals surface area contributed by atoms with Crippen LogP contribution in [-0.4, -0.2) is 53.4 Å². The van der Waals surface area contributed by atoms with Crippen LogP contribution in [0.2, 0.25) is 0 Å². The topological polar surface area (TPSA) is 95.9 Å². The summed E-state index contributed by atoms with van der Waals surface area (Å²) in [6, 6.07) is 26.0. The van der Waals surface area contributed by atoms with Gasteiger partial charge in [-0.1, -0.05) is 60.7 Å². The second kappa shape index (κ2) is 14.6. The Morgan fingerprint density at radius 2 is 1.68 bits per heavy atom. The lowest BCUT2D eigenvalue weighted by Gasteiger charge is -2.20. The van der Waals surface area contributed by atoms with Crippen LogP contribution in [0.25, 0.3) is 6.08 Å². The van der Waals surface area contributed by atoms with Crippen LogP contribution in [0, 0.1) is 0 Å². The summed E-state index contributed by atoms with van der Waals surface area (Å²) in [6.45, 7) is 3.27. The molecule has 0 aliphatic heterocycles. The van der Waals surface area contributed by atoms with E-state index in [0.29, 0.717) is 42.3 Å². The molecule has 3 aromatic carbocycles. The molecule has 0 saturated carbocycles. The van der Waals surface area contributed by atoms with Crippen LogP contribution >= 0.6 is 11.3 Å². The highest BCUT2D eigenvalue weighted by atomic mass is 32.1. The first kappa shape index (κ1) is 29.3. The number of rotatable bonds is 14. The number of benzene rings is 3. The summed E-state index contributed by atoms with van der Waals surface area (Å²) in [7, 11) is 0. The lowest BCUT2D eigenvalue weighted by molar-refractivity contribution is -0.137. The Hall–Kier alpha value is -4.69. The van der Waals surface area contributed by atoms with Crippen LogP contribution in [0.1, 0.15) is 33.3 Å². The third kappa shape index (κ3) is 8.40. The van der Waals surface area contributed by atoms with E-state index in [1.807, 2.05) is 48.7 Å². The minimum Gasteiger partial charge on any atom is -0.492 e. The van der Waals surface area contributed by atoms with Crippen LogP contribution in [0.3, 0.4) is 0 Å². The Morgan fingerprint density at radius 1 is 0.951 bits per heavy atom. The molecule has 1 aromatic heterocycles. The van der Waals surface area contributed by atoms with Crippen molar-refractivity contribution < 1.29 is 24.2 Å². The zero-order chi connectivity index (χ0) is 29.0. The molecule has 0 fully saturated rings. The molecule has 210 valence electrons. The number of anilines is 1. The Labute approximate surface area is 243 Å². The minimum atomic E-state index is -1.02. The number of ether oxygens (including phenoxy) is 1. The van der Waals surface area contributed by atoms with E-state index in [-0.39, 0.29) is 18.1 Å². The highest BCUT2D eigenvalue weighted by Crippen LogP contribution is 2.22. The van der Waals surface area contributed by atoms with E-state index in [0.717, 1.165) is 10.4 Å². The van der Waals surface area contributed by atoms with Gasteiger partial charge in [-0.25, -0.2) is 4.79 Å². The van der Waals surface area contributed by atoms with Crippen molar-refractivity contribution in [2.45, 2.75) is 19.4 Å². The third-order valence-corrected chi connectivity index (χ3v) is 7.29. The Kier molecular flexibility index (Phi) is 10.5. The molecule has 0 bridgehead atoms. The number of carboxylic acids is 1. The lowest BCUT2D eigenvalue weighted by Crippen LogP contribution is -2.33. The van der Waals surface area contributed by atoms with Gasteiger partial charge in [-0.05, 0) is 54.3 Å². The van der Waals surface area contributed by atoms with Crippen molar-refractivity contribution >= 4 is 40.8 Å². The van der Waals surface area contributed by atoms with Crippen LogP contribution in [0.15, 0.2) is 102 Å². The Morgan fingerprint density at radius 3 is 2.37 bits per heavy atom. The number of para-hydroxylation sites is 1. The third-order valence-electron chi connectivity index (χ3n) is 6.46. The quantitative estimate of drug-likeness (QED) is 0.143. The molecule has 41 heavy (non-hydrogen) atoms. The summed E-state index contributed by atoms with van der Waals surface area (Å²) in [5.41, 5.74) is 2.21. The molecule has 0 spiro atoms. The van der Waals surface area contributed by atoms with Gasteiger partial charge in [-0.3, -0.25) is 9.59 Å². The van der Waals surface area contributed by atoms with Gasteiger partial charge in [0.1, 0.15) is 18.4 Å². The smallest absolute Gasteiger partial charge is 0.326 e. The molecule has 0 saturated heterocycles. The maximum absolute atomic E-state index is 13.1. The summed E-state index contributed by atoms with van der Waals surface area (Å²) in [6.07, 6.45) is 3.60. The number of amides is 1. The number of carboxylic acid groups (broad SMARTS) is 1. The fraction of sp³-hybridized carbons (Fsp3) is 0.182. The van der Waals surface area contributed by atoms with Gasteiger partial charge < -0.3 is 20.1 Å². The Bertz CT molecular complexity index is 1470. The maximum atomic E-state index is 13.1. The summed E-state index contributed by atoms with van der Waals surface area (Å²) in [4.78, 5) is 40.4. The normalized spacial score (nSPS) is 11.6. The summed E-state index contributed by atoms with van der Waals surface area (Å²) in [5.74, 6) is -0.643. The van der Waals surface area contributed by atoms with Crippen molar-refractivity contribution in [2.24, 2.45) is 0 Å². The van der Waals surface area contributed by atoms with Crippen molar-refractivity contribution in [3.8, 4) is 5.75 Å². The number of hydrogen-bond acceptors (Lipinski definition) is 6. The minimum absolute atomic E-state index is 0.0703. The van der Waals surface area contributed by atoms with Crippen LogP contribution in [0.5, 0.6) is 5.75 Å². The van der Waals surface area contributed by atoms with E-state index in [1.165, 1.54) is 0 Å². The highest BCUT2D eigenvalue weighted by molar-refractivity contribution is 7.10. The largest absolute Gasteiger partial charge is 0.492 e. The summed E-state index contributed by atoms with van der Waals surface area (Å²) in [5, 5.41) is 14.9. The second-order valence-electron chi connectivity index (χ2n) is 9.24. The fourth-order valence-corrected chi connectivity index (χ4v) is 4.86. The first-order valence-corrected chi connectivity index (χ1v) is 14.2. The number of thiophene rings is 1. The van der Waals surface area contributed by atoms with E-state index in [4.69, 9.17) is 4.74 Å². The predicted octanol–water partition coefficient (Wildman–Crippen LogP) is 6.03. The number of likely N-dealkylation sites (N-methyl/N-ethyl adjacent to an activating group) is 1. The SMILES string of the molecule is CCN(CCOc1ccc(C[C@H](Nc2ccccc2C(=O)c2ccccc2)C(=O)O)cc1)C(=O)C=Cc1cccs1. The molecular formula is C33H32N2O5S. The molecule has 8 heteroatoms. The molecule has 0 aliphatic carbocycles. The maximum Gasteiger partial charge on any atom is 0.326 e. The van der Waals surface area contributed by atoms with Crippen molar-refractivity contribution in [1.29, 1.82) is 0 Å². The molecule has 4 rings (SSSR count). The van der Waals surface area contributed by atoms with E-state index in [9.17, 15) is 19.5 Å². The number of carbonyl (C=O) groups is 3. The molecule has 4 aromatic rings. The van der Waals surface area contributed by atoms with E-state index < -0.39 is 12.0 Å². The van der Waals surface area contributed by atoms with Gasteiger partial charge in [0.25, 0.3) is 0 Å². The van der Waals surface area contributed by atoms with Crippen molar-refractivity contribution in [3.05, 3.63) is 124 Å². The number of carbonyl (C=O) groups excluding carboxylic acids is 2. The van der Waals surface area contributed by atoms with Crippen molar-refractivity contribution in [2.75, 3.05) is 25.0 Å². The highest BCUT2D eigenvalue weighted by Gasteiger charge is 2.21. The van der Waals surface area contributed by atoms with Gasteiger partial charge in [-0.2, -0.15) is 0 Å². The molecule has 2 N–H and O–H groups in total. The first-order valence-electron chi connectivity index (χ1n) is 13.3. The number of hydrogen-bond donors (Lipinski definition) is 2. The number of aliphatic carboxylic acids is 1. The lowest BCUT2D eigenvalue weighted by atomic mass is 10.00. The molecule has 0 unspecified atom stereocenters. The van der Waals surface area contributed by atoms with Crippen molar-refractivity contribution in [1.82, 2.24) is 4.90 Å². The Balaban J connectivity index is 1.33. The molecule has 0 aliphatic rings. The van der Waals surface area contributed by atoms with Gasteiger partial charge in [0, 0.05) is 40.7 Å². The summed E-state index contributed by atoms with van der Waals surface area (Å²) < 4.78 is 5.84. The molecule has 1 atom stereocenters. The van der Waals surface area contributed by atoms with Gasteiger partial charge in [0.15, 0.2) is 5.78 Å². The zero-order valence-corrected chi connectivity index (χ0v) is 23.6. The summed E-state index contributed by atoms with van der Waals surface area (Å²) >= 11 is 1.57. The molecule has 1 amide bonds. The fourth-order valence-electron chi connectivity index (χ4n) is 4.24. The standard InChI is InChI=1S/C33H32N2O5S/c1-2-35(31(36)19-18-27-11-8-22-41-27)20-21-40-26-16-14-24(15-17-26)23-30(33(38)39)34-29-13-7-6-12-28(29)32(37)25-9-4-3-5-10-25/h3-19,22,30,34H,2,20-21,23H2,1H3,(H,38,39)/t30-/m0/s1. The van der Waals surface area contributed by atoms with Gasteiger partial charge >= 0.3 is 5.97 Å². The molecular weight excluding hydrogens is 536 g/mol. The number of nitrogens with one attached hydrogen (secondary N) is 1. The van der Waals surface area contributed by atoms with Gasteiger partial charge in [0.05, 0.1) is 6.54 Å². The van der Waals surface area contributed by atoms with Crippen molar-refractivity contribution in [3.63, 3.8) is 0 Å². The zero-order valence-electron chi connectivity index (χ0n) is 22.7. The van der Waals surface area contributed by atoms with Gasteiger partial charge in [0.2, 0.25) is 5.91 Å².